The molecule has 5 heteroatoms. The first-order chi connectivity index (χ1) is 10.3. The van der Waals surface area contributed by atoms with E-state index < -0.39 is 0 Å². The highest BCUT2D eigenvalue weighted by Crippen LogP contribution is 2.18. The number of hydrogen-bond acceptors (Lipinski definition) is 4. The first kappa shape index (κ1) is 14.1. The second kappa shape index (κ2) is 6.72. The molecule has 0 aliphatic heterocycles. The Labute approximate surface area is 125 Å². The second-order valence-electron chi connectivity index (χ2n) is 5.47. The van der Waals surface area contributed by atoms with Crippen LogP contribution in [0.5, 0.6) is 5.75 Å². The van der Waals surface area contributed by atoms with Crippen LogP contribution in [0.4, 0.5) is 0 Å². The number of benzene rings is 1. The Morgan fingerprint density at radius 2 is 2.10 bits per heavy atom. The van der Waals surface area contributed by atoms with Crippen molar-refractivity contribution in [2.24, 2.45) is 0 Å². The van der Waals surface area contributed by atoms with Gasteiger partial charge >= 0.3 is 0 Å². The predicted molar refractivity (Wildman–Crippen MR) is 81.2 cm³/mol. The molecule has 0 saturated heterocycles. The molecular formula is C16H22N4O. The molecule has 1 aromatic heterocycles. The molecule has 112 valence electrons. The van der Waals surface area contributed by atoms with Crippen molar-refractivity contribution < 1.29 is 4.74 Å². The number of aryl methyl sites for hydroxylation is 1. The molecular weight excluding hydrogens is 264 g/mol. The Bertz CT molecular complexity index is 560. The highest BCUT2D eigenvalue weighted by atomic mass is 16.5. The molecule has 0 amide bonds. The van der Waals surface area contributed by atoms with E-state index in [1.807, 2.05) is 23.0 Å². The van der Waals surface area contributed by atoms with Crippen molar-refractivity contribution in [3.05, 3.63) is 41.7 Å². The lowest BCUT2D eigenvalue weighted by Gasteiger charge is -2.06. The van der Waals surface area contributed by atoms with Crippen molar-refractivity contribution in [1.29, 1.82) is 0 Å². The average molecular weight is 286 g/mol. The van der Waals surface area contributed by atoms with Crippen LogP contribution in [-0.4, -0.2) is 27.6 Å². The Morgan fingerprint density at radius 3 is 2.81 bits per heavy atom. The second-order valence-corrected chi connectivity index (χ2v) is 5.47. The summed E-state index contributed by atoms with van der Waals surface area (Å²) in [7, 11) is 0. The highest BCUT2D eigenvalue weighted by molar-refractivity contribution is 5.27. The Balaban J connectivity index is 1.41. The van der Waals surface area contributed by atoms with Gasteiger partial charge in [-0.05, 0) is 37.0 Å². The molecule has 1 aromatic carbocycles. The summed E-state index contributed by atoms with van der Waals surface area (Å²) in [6, 6.07) is 8.94. The molecule has 0 atom stereocenters. The number of rotatable bonds is 8. The minimum atomic E-state index is 0.602. The van der Waals surface area contributed by atoms with Crippen molar-refractivity contribution in [3.8, 4) is 5.75 Å². The van der Waals surface area contributed by atoms with E-state index in [1.165, 1.54) is 18.4 Å². The molecule has 0 unspecified atom stereocenters. The van der Waals surface area contributed by atoms with Gasteiger partial charge in [-0.25, -0.2) is 4.68 Å². The Kier molecular flexibility index (Phi) is 4.50. The summed E-state index contributed by atoms with van der Waals surface area (Å²) in [5.41, 5.74) is 2.32. The Hall–Kier alpha value is -1.88. The van der Waals surface area contributed by atoms with E-state index in [-0.39, 0.29) is 0 Å². The summed E-state index contributed by atoms with van der Waals surface area (Å²) in [5, 5.41) is 11.7. The van der Waals surface area contributed by atoms with Crippen molar-refractivity contribution in [1.82, 2.24) is 20.3 Å². The molecule has 2 aromatic rings. The van der Waals surface area contributed by atoms with Crippen molar-refractivity contribution in [2.75, 3.05) is 6.61 Å². The highest BCUT2D eigenvalue weighted by Gasteiger charge is 2.20. The van der Waals surface area contributed by atoms with Gasteiger partial charge in [-0.3, -0.25) is 0 Å². The minimum Gasteiger partial charge on any atom is -0.492 e. The van der Waals surface area contributed by atoms with Crippen LogP contribution in [0.25, 0.3) is 0 Å². The third kappa shape index (κ3) is 4.29. The minimum absolute atomic E-state index is 0.602. The fraction of sp³-hybridized carbons (Fsp3) is 0.500. The maximum absolute atomic E-state index is 5.72. The first-order valence-electron chi connectivity index (χ1n) is 7.67. The van der Waals surface area contributed by atoms with Crippen LogP contribution in [0.15, 0.2) is 30.5 Å². The number of nitrogens with zero attached hydrogens (tertiary/aromatic N) is 3. The van der Waals surface area contributed by atoms with E-state index in [1.54, 1.807) is 0 Å². The van der Waals surface area contributed by atoms with E-state index in [0.29, 0.717) is 19.2 Å². The topological polar surface area (TPSA) is 52.0 Å². The third-order valence-electron chi connectivity index (χ3n) is 3.66. The molecule has 1 aliphatic carbocycles. The van der Waals surface area contributed by atoms with Crippen LogP contribution < -0.4 is 10.1 Å². The summed E-state index contributed by atoms with van der Waals surface area (Å²) in [5.74, 6) is 0.905. The predicted octanol–water partition coefficient (Wildman–Crippen LogP) is 2.17. The molecule has 0 radical (unpaired) electrons. The van der Waals surface area contributed by atoms with E-state index in [2.05, 4.69) is 34.7 Å². The van der Waals surface area contributed by atoms with Crippen molar-refractivity contribution in [2.45, 2.75) is 45.3 Å². The lowest BCUT2D eigenvalue weighted by Crippen LogP contribution is -2.15. The van der Waals surface area contributed by atoms with E-state index in [0.717, 1.165) is 24.4 Å². The number of hydrogen-bond donors (Lipinski definition) is 1. The number of nitrogens with one attached hydrogen (secondary N) is 1. The maximum atomic E-state index is 5.72. The smallest absolute Gasteiger partial charge is 0.119 e. The third-order valence-corrected chi connectivity index (χ3v) is 3.66. The lowest BCUT2D eigenvalue weighted by atomic mass is 10.2. The van der Waals surface area contributed by atoms with Gasteiger partial charge in [0.25, 0.3) is 0 Å². The van der Waals surface area contributed by atoms with Crippen molar-refractivity contribution in [3.63, 3.8) is 0 Å². The number of ether oxygens (including phenoxy) is 1. The fourth-order valence-corrected chi connectivity index (χ4v) is 2.14. The van der Waals surface area contributed by atoms with Crippen LogP contribution in [0.3, 0.4) is 0 Å². The number of aromatic nitrogens is 3. The molecule has 21 heavy (non-hydrogen) atoms. The zero-order valence-electron chi connectivity index (χ0n) is 12.5. The molecule has 1 fully saturated rings. The van der Waals surface area contributed by atoms with E-state index in [9.17, 15) is 0 Å². The zero-order chi connectivity index (χ0) is 14.5. The normalized spacial score (nSPS) is 14.3. The summed E-state index contributed by atoms with van der Waals surface area (Å²) >= 11 is 0. The summed E-state index contributed by atoms with van der Waals surface area (Å²) in [6.07, 6.45) is 5.62. The van der Waals surface area contributed by atoms with Crippen LogP contribution in [0.2, 0.25) is 0 Å². The monoisotopic (exact) mass is 286 g/mol. The van der Waals surface area contributed by atoms with Gasteiger partial charge in [-0.1, -0.05) is 24.3 Å². The molecule has 1 heterocycles. The molecule has 1 aliphatic rings. The van der Waals surface area contributed by atoms with Gasteiger partial charge in [0.15, 0.2) is 0 Å². The summed E-state index contributed by atoms with van der Waals surface area (Å²) in [6.45, 7) is 4.27. The molecule has 5 nitrogen and oxygen atoms in total. The van der Waals surface area contributed by atoms with Gasteiger partial charge in [0.05, 0.1) is 12.2 Å². The molecule has 1 N–H and O–H groups in total. The molecule has 3 rings (SSSR count). The van der Waals surface area contributed by atoms with Crippen LogP contribution in [0, 0.1) is 0 Å². The van der Waals surface area contributed by atoms with Gasteiger partial charge in [0.1, 0.15) is 12.4 Å². The van der Waals surface area contributed by atoms with Gasteiger partial charge in [0.2, 0.25) is 0 Å². The quantitative estimate of drug-likeness (QED) is 0.808. The van der Waals surface area contributed by atoms with Gasteiger partial charge in [0, 0.05) is 18.8 Å². The summed E-state index contributed by atoms with van der Waals surface area (Å²) in [4.78, 5) is 0. The van der Waals surface area contributed by atoms with Crippen LogP contribution >= 0.6 is 0 Å². The average Bonchev–Trinajstić information content (AvgIpc) is 3.25. The maximum Gasteiger partial charge on any atom is 0.119 e. The van der Waals surface area contributed by atoms with Crippen LogP contribution in [0.1, 0.15) is 31.0 Å². The first-order valence-corrected chi connectivity index (χ1v) is 7.67. The summed E-state index contributed by atoms with van der Waals surface area (Å²) < 4.78 is 7.56. The van der Waals surface area contributed by atoms with Gasteiger partial charge < -0.3 is 10.1 Å². The Morgan fingerprint density at radius 1 is 1.29 bits per heavy atom. The van der Waals surface area contributed by atoms with Crippen LogP contribution in [-0.2, 0) is 19.5 Å². The fourth-order valence-electron chi connectivity index (χ4n) is 2.14. The van der Waals surface area contributed by atoms with Gasteiger partial charge in [-0.2, -0.15) is 0 Å². The standard InChI is InChI=1S/C16H22N4O/c1-2-13-3-7-16(8-4-13)21-10-9-20-12-15(18-19-20)11-17-14-5-6-14/h3-4,7-8,12,14,17H,2,5-6,9-11H2,1H3. The van der Waals surface area contributed by atoms with Gasteiger partial charge in [-0.15, -0.1) is 5.10 Å². The van der Waals surface area contributed by atoms with Crippen molar-refractivity contribution >= 4 is 0 Å². The van der Waals surface area contributed by atoms with E-state index in [4.69, 9.17) is 4.74 Å². The molecule has 1 saturated carbocycles. The zero-order valence-corrected chi connectivity index (χ0v) is 12.5. The largest absolute Gasteiger partial charge is 0.492 e. The lowest BCUT2D eigenvalue weighted by molar-refractivity contribution is 0.289. The van der Waals surface area contributed by atoms with E-state index >= 15 is 0 Å². The molecule has 0 bridgehead atoms. The SMILES string of the molecule is CCc1ccc(OCCn2cc(CNC3CC3)nn2)cc1. The molecule has 0 spiro atoms.